The highest BCUT2D eigenvalue weighted by atomic mass is 35.5. The minimum atomic E-state index is -0.258. The first-order chi connectivity index (χ1) is 8.68. The summed E-state index contributed by atoms with van der Waals surface area (Å²) in [5, 5.41) is 3.24. The third kappa shape index (κ3) is 4.62. The van der Waals surface area contributed by atoms with E-state index in [1.54, 1.807) is 0 Å². The predicted octanol–water partition coefficient (Wildman–Crippen LogP) is 1.82. The van der Waals surface area contributed by atoms with Crippen LogP contribution in [0, 0.1) is 5.92 Å². The fourth-order valence-corrected chi connectivity index (χ4v) is 2.99. The number of rotatable bonds is 3. The normalized spacial score (nSPS) is 28.1. The highest BCUT2D eigenvalue weighted by molar-refractivity contribution is 5.85. The molecule has 112 valence electrons. The highest BCUT2D eigenvalue weighted by Crippen LogP contribution is 2.24. The second-order valence-corrected chi connectivity index (χ2v) is 5.87. The lowest BCUT2D eigenvalue weighted by Crippen LogP contribution is -2.53. The fraction of sp³-hybridized carbons (Fsp3) is 0.929. The summed E-state index contributed by atoms with van der Waals surface area (Å²) < 4.78 is 5.59. The summed E-state index contributed by atoms with van der Waals surface area (Å²) in [4.78, 5) is 14.6. The summed E-state index contributed by atoms with van der Waals surface area (Å²) in [5.74, 6) is 0.848. The Bertz CT molecular complexity index is 281. The zero-order valence-corrected chi connectivity index (χ0v) is 12.9. The van der Waals surface area contributed by atoms with Crippen LogP contribution in [0.25, 0.3) is 0 Å². The number of halogens is 1. The quantitative estimate of drug-likeness (QED) is 0.862. The van der Waals surface area contributed by atoms with Gasteiger partial charge in [-0.3, -0.25) is 4.79 Å². The molecule has 2 atom stereocenters. The Balaban J connectivity index is 0.00000180. The molecule has 2 fully saturated rings. The predicted molar refractivity (Wildman–Crippen MR) is 78.7 cm³/mol. The summed E-state index contributed by atoms with van der Waals surface area (Å²) in [6.07, 6.45) is 4.41. The lowest BCUT2D eigenvalue weighted by molar-refractivity contribution is -0.149. The number of nitrogens with one attached hydrogen (secondary N) is 1. The van der Waals surface area contributed by atoms with Crippen LogP contribution in [0.4, 0.5) is 0 Å². The van der Waals surface area contributed by atoms with Crippen molar-refractivity contribution in [2.75, 3.05) is 26.2 Å². The van der Waals surface area contributed by atoms with E-state index in [0.29, 0.717) is 25.1 Å². The average molecular weight is 291 g/mol. The first kappa shape index (κ1) is 16.7. The van der Waals surface area contributed by atoms with Crippen molar-refractivity contribution in [3.8, 4) is 0 Å². The van der Waals surface area contributed by atoms with Gasteiger partial charge in [0, 0.05) is 25.7 Å². The second-order valence-electron chi connectivity index (χ2n) is 5.87. The molecule has 1 amide bonds. The summed E-state index contributed by atoms with van der Waals surface area (Å²) in [5.41, 5.74) is 0. The van der Waals surface area contributed by atoms with Gasteiger partial charge in [-0.05, 0) is 31.6 Å². The summed E-state index contributed by atoms with van der Waals surface area (Å²) in [6, 6.07) is 0.428. The Kier molecular flexibility index (Phi) is 7.11. The number of nitrogens with zero attached hydrogens (tertiary/aromatic N) is 1. The molecule has 0 radical (unpaired) electrons. The van der Waals surface area contributed by atoms with Crippen molar-refractivity contribution < 1.29 is 9.53 Å². The van der Waals surface area contributed by atoms with Crippen LogP contribution in [-0.2, 0) is 9.53 Å². The maximum absolute atomic E-state index is 12.5. The molecule has 2 unspecified atom stereocenters. The lowest BCUT2D eigenvalue weighted by atomic mass is 9.93. The largest absolute Gasteiger partial charge is 0.366 e. The molecule has 0 saturated carbocycles. The van der Waals surface area contributed by atoms with E-state index in [9.17, 15) is 4.79 Å². The number of ether oxygens (including phenoxy) is 1. The minimum Gasteiger partial charge on any atom is -0.366 e. The maximum Gasteiger partial charge on any atom is 0.253 e. The molecule has 0 bridgehead atoms. The van der Waals surface area contributed by atoms with E-state index in [-0.39, 0.29) is 24.4 Å². The standard InChI is InChI=1S/C14H26N2O2.ClH/c1-11(2)9-12-5-3-4-7-16(12)14(17)13-10-15-6-8-18-13;/h11-13,15H,3-10H2,1-2H3;1H. The number of carbonyl (C=O) groups is 1. The Labute approximate surface area is 122 Å². The van der Waals surface area contributed by atoms with Gasteiger partial charge in [0.05, 0.1) is 6.61 Å². The molecular weight excluding hydrogens is 264 g/mol. The van der Waals surface area contributed by atoms with E-state index >= 15 is 0 Å². The van der Waals surface area contributed by atoms with Gasteiger partial charge in [-0.15, -0.1) is 12.4 Å². The first-order valence-corrected chi connectivity index (χ1v) is 7.31. The summed E-state index contributed by atoms with van der Waals surface area (Å²) in [6.45, 7) is 7.56. The zero-order chi connectivity index (χ0) is 13.0. The lowest BCUT2D eigenvalue weighted by Gasteiger charge is -2.39. The molecule has 2 aliphatic rings. The molecule has 2 heterocycles. The van der Waals surface area contributed by atoms with Crippen LogP contribution in [0.2, 0.25) is 0 Å². The van der Waals surface area contributed by atoms with Crippen molar-refractivity contribution in [2.24, 2.45) is 5.92 Å². The van der Waals surface area contributed by atoms with E-state index in [0.717, 1.165) is 32.4 Å². The van der Waals surface area contributed by atoms with Crippen LogP contribution in [0.15, 0.2) is 0 Å². The Morgan fingerprint density at radius 3 is 2.84 bits per heavy atom. The molecular formula is C14H27ClN2O2. The average Bonchev–Trinajstić information content (AvgIpc) is 2.39. The van der Waals surface area contributed by atoms with E-state index in [1.807, 2.05) is 0 Å². The second kappa shape index (κ2) is 8.08. The minimum absolute atomic E-state index is 0. The topological polar surface area (TPSA) is 41.6 Å². The van der Waals surface area contributed by atoms with E-state index in [2.05, 4.69) is 24.1 Å². The van der Waals surface area contributed by atoms with Gasteiger partial charge in [-0.1, -0.05) is 13.8 Å². The summed E-state index contributed by atoms with van der Waals surface area (Å²) in [7, 11) is 0. The number of amides is 1. The molecule has 2 rings (SSSR count). The van der Waals surface area contributed by atoms with Crippen molar-refractivity contribution in [1.29, 1.82) is 0 Å². The zero-order valence-electron chi connectivity index (χ0n) is 12.1. The van der Waals surface area contributed by atoms with Crippen molar-refractivity contribution in [3.05, 3.63) is 0 Å². The van der Waals surface area contributed by atoms with Gasteiger partial charge >= 0.3 is 0 Å². The number of piperidine rings is 1. The number of carbonyl (C=O) groups excluding carboxylic acids is 1. The van der Waals surface area contributed by atoms with Crippen molar-refractivity contribution in [1.82, 2.24) is 10.2 Å². The van der Waals surface area contributed by atoms with E-state index in [1.165, 1.54) is 6.42 Å². The van der Waals surface area contributed by atoms with E-state index in [4.69, 9.17) is 4.74 Å². The van der Waals surface area contributed by atoms with Gasteiger partial charge in [-0.25, -0.2) is 0 Å². The maximum atomic E-state index is 12.5. The van der Waals surface area contributed by atoms with Crippen LogP contribution in [0.3, 0.4) is 0 Å². The van der Waals surface area contributed by atoms with Crippen molar-refractivity contribution >= 4 is 18.3 Å². The molecule has 2 saturated heterocycles. The van der Waals surface area contributed by atoms with Crippen LogP contribution in [0.5, 0.6) is 0 Å². The number of hydrogen-bond acceptors (Lipinski definition) is 3. The Morgan fingerprint density at radius 1 is 1.42 bits per heavy atom. The monoisotopic (exact) mass is 290 g/mol. The first-order valence-electron chi connectivity index (χ1n) is 7.31. The molecule has 0 spiro atoms. The molecule has 4 nitrogen and oxygen atoms in total. The van der Waals surface area contributed by atoms with Gasteiger partial charge in [0.15, 0.2) is 0 Å². The molecule has 2 aliphatic heterocycles. The Hall–Kier alpha value is -0.320. The van der Waals surface area contributed by atoms with Crippen LogP contribution in [0.1, 0.15) is 39.5 Å². The van der Waals surface area contributed by atoms with Crippen LogP contribution in [-0.4, -0.2) is 49.2 Å². The van der Waals surface area contributed by atoms with Gasteiger partial charge in [-0.2, -0.15) is 0 Å². The van der Waals surface area contributed by atoms with Gasteiger partial charge in [0.25, 0.3) is 5.91 Å². The highest BCUT2D eigenvalue weighted by Gasteiger charge is 2.32. The number of morpholine rings is 1. The number of likely N-dealkylation sites (tertiary alicyclic amines) is 1. The van der Waals surface area contributed by atoms with Crippen molar-refractivity contribution in [2.45, 2.75) is 51.7 Å². The molecule has 0 aromatic rings. The smallest absolute Gasteiger partial charge is 0.253 e. The van der Waals surface area contributed by atoms with Crippen LogP contribution >= 0.6 is 12.4 Å². The molecule has 0 aromatic heterocycles. The molecule has 0 aliphatic carbocycles. The third-order valence-electron chi connectivity index (χ3n) is 3.86. The molecule has 5 heteroatoms. The molecule has 19 heavy (non-hydrogen) atoms. The third-order valence-corrected chi connectivity index (χ3v) is 3.86. The van der Waals surface area contributed by atoms with Crippen molar-refractivity contribution in [3.63, 3.8) is 0 Å². The van der Waals surface area contributed by atoms with Gasteiger partial charge < -0.3 is 15.0 Å². The van der Waals surface area contributed by atoms with E-state index < -0.39 is 0 Å². The Morgan fingerprint density at radius 2 is 2.21 bits per heavy atom. The fourth-order valence-electron chi connectivity index (χ4n) is 2.99. The van der Waals surface area contributed by atoms with Crippen LogP contribution < -0.4 is 5.32 Å². The molecule has 1 N–H and O–H groups in total. The van der Waals surface area contributed by atoms with Gasteiger partial charge in [0.2, 0.25) is 0 Å². The molecule has 0 aromatic carbocycles. The number of hydrogen-bond donors (Lipinski definition) is 1. The SMILES string of the molecule is CC(C)CC1CCCCN1C(=O)C1CNCCO1.Cl. The summed E-state index contributed by atoms with van der Waals surface area (Å²) >= 11 is 0. The van der Waals surface area contributed by atoms with Gasteiger partial charge in [0.1, 0.15) is 6.10 Å².